The number of hydrogen-bond donors (Lipinski definition) is 0. The number of esters is 1. The van der Waals surface area contributed by atoms with E-state index in [1.54, 1.807) is 7.11 Å². The van der Waals surface area contributed by atoms with E-state index in [0.717, 1.165) is 31.4 Å². The molecule has 1 unspecified atom stereocenters. The highest BCUT2D eigenvalue weighted by Crippen LogP contribution is 2.29. The number of ether oxygens (including phenoxy) is 2. The number of benzene rings is 1. The van der Waals surface area contributed by atoms with Crippen molar-refractivity contribution < 1.29 is 14.3 Å². The summed E-state index contributed by atoms with van der Waals surface area (Å²) in [6, 6.07) is 6.27. The third-order valence-corrected chi connectivity index (χ3v) is 3.74. The average Bonchev–Trinajstić information content (AvgIpc) is 2.59. The molecule has 0 heterocycles. The Labute approximate surface area is 114 Å². The molecule has 3 nitrogen and oxygen atoms in total. The van der Waals surface area contributed by atoms with E-state index in [9.17, 15) is 4.79 Å². The fourth-order valence-corrected chi connectivity index (χ4v) is 2.79. The first-order chi connectivity index (χ1) is 9.22. The second-order valence-electron chi connectivity index (χ2n) is 5.11. The van der Waals surface area contributed by atoms with Crippen LogP contribution in [0.5, 0.6) is 5.75 Å². The summed E-state index contributed by atoms with van der Waals surface area (Å²) in [5.41, 5.74) is 2.72. The molecule has 1 atom stereocenters. The second kappa shape index (κ2) is 6.60. The van der Waals surface area contributed by atoms with Crippen molar-refractivity contribution in [2.24, 2.45) is 5.92 Å². The van der Waals surface area contributed by atoms with Gasteiger partial charge in [0, 0.05) is 6.42 Å². The van der Waals surface area contributed by atoms with Crippen LogP contribution in [-0.4, -0.2) is 19.7 Å². The molecule has 1 aliphatic rings. The van der Waals surface area contributed by atoms with Crippen molar-refractivity contribution in [1.29, 1.82) is 0 Å². The number of methoxy groups -OCH3 is 1. The number of hydrogen-bond acceptors (Lipinski definition) is 3. The lowest BCUT2D eigenvalue weighted by molar-refractivity contribution is -0.144. The van der Waals surface area contributed by atoms with Gasteiger partial charge in [0.15, 0.2) is 0 Å². The quantitative estimate of drug-likeness (QED) is 0.617. The molecule has 3 heteroatoms. The van der Waals surface area contributed by atoms with Crippen LogP contribution < -0.4 is 4.74 Å². The first-order valence-corrected chi connectivity index (χ1v) is 7.04. The Balaban J connectivity index is 2.05. The molecule has 0 spiro atoms. The van der Waals surface area contributed by atoms with E-state index in [1.807, 2.05) is 13.0 Å². The molecule has 0 bridgehead atoms. The SMILES string of the molecule is CCOC(=O)CC1CCCc2cc(OC)ccc2C1. The summed E-state index contributed by atoms with van der Waals surface area (Å²) in [6.45, 7) is 2.33. The van der Waals surface area contributed by atoms with Gasteiger partial charge >= 0.3 is 5.97 Å². The Morgan fingerprint density at radius 3 is 2.95 bits per heavy atom. The lowest BCUT2D eigenvalue weighted by Crippen LogP contribution is -2.13. The molecule has 0 radical (unpaired) electrons. The largest absolute Gasteiger partial charge is 0.497 e. The van der Waals surface area contributed by atoms with E-state index in [1.165, 1.54) is 11.1 Å². The fourth-order valence-electron chi connectivity index (χ4n) is 2.79. The highest BCUT2D eigenvalue weighted by Gasteiger charge is 2.20. The van der Waals surface area contributed by atoms with Crippen LogP contribution in [0.3, 0.4) is 0 Å². The van der Waals surface area contributed by atoms with Crippen molar-refractivity contribution in [3.8, 4) is 5.75 Å². The molecular weight excluding hydrogens is 240 g/mol. The topological polar surface area (TPSA) is 35.5 Å². The van der Waals surface area contributed by atoms with Gasteiger partial charge in [-0.3, -0.25) is 4.79 Å². The van der Waals surface area contributed by atoms with Gasteiger partial charge < -0.3 is 9.47 Å². The van der Waals surface area contributed by atoms with Crippen LogP contribution in [0.4, 0.5) is 0 Å². The van der Waals surface area contributed by atoms with Gasteiger partial charge in [-0.1, -0.05) is 6.07 Å². The number of aryl methyl sites for hydroxylation is 1. The summed E-state index contributed by atoms with van der Waals surface area (Å²) in [6.07, 6.45) is 4.81. The highest BCUT2D eigenvalue weighted by atomic mass is 16.5. The molecule has 0 aliphatic heterocycles. The van der Waals surface area contributed by atoms with Crippen molar-refractivity contribution in [1.82, 2.24) is 0 Å². The van der Waals surface area contributed by atoms with Crippen molar-refractivity contribution in [2.75, 3.05) is 13.7 Å². The molecule has 1 aromatic rings. The molecule has 0 fully saturated rings. The number of rotatable bonds is 4. The Kier molecular flexibility index (Phi) is 4.83. The van der Waals surface area contributed by atoms with Gasteiger partial charge in [0.05, 0.1) is 13.7 Å². The summed E-state index contributed by atoms with van der Waals surface area (Å²) in [4.78, 5) is 11.6. The monoisotopic (exact) mass is 262 g/mol. The zero-order valence-electron chi connectivity index (χ0n) is 11.8. The van der Waals surface area contributed by atoms with Crippen LogP contribution >= 0.6 is 0 Å². The highest BCUT2D eigenvalue weighted by molar-refractivity contribution is 5.69. The van der Waals surface area contributed by atoms with E-state index in [0.29, 0.717) is 18.9 Å². The van der Waals surface area contributed by atoms with E-state index < -0.39 is 0 Å². The molecule has 0 amide bonds. The second-order valence-corrected chi connectivity index (χ2v) is 5.11. The summed E-state index contributed by atoms with van der Waals surface area (Å²) in [7, 11) is 1.70. The van der Waals surface area contributed by atoms with E-state index in [-0.39, 0.29) is 5.97 Å². The summed E-state index contributed by atoms with van der Waals surface area (Å²) >= 11 is 0. The van der Waals surface area contributed by atoms with Crippen LogP contribution in [-0.2, 0) is 22.4 Å². The van der Waals surface area contributed by atoms with Crippen molar-refractivity contribution in [3.05, 3.63) is 29.3 Å². The third kappa shape index (κ3) is 3.72. The minimum absolute atomic E-state index is 0.0653. The Hall–Kier alpha value is -1.51. The van der Waals surface area contributed by atoms with E-state index in [2.05, 4.69) is 12.1 Å². The zero-order chi connectivity index (χ0) is 13.7. The van der Waals surface area contributed by atoms with E-state index >= 15 is 0 Å². The minimum atomic E-state index is -0.0653. The lowest BCUT2D eigenvalue weighted by Gasteiger charge is -2.14. The molecule has 0 aromatic heterocycles. The summed E-state index contributed by atoms with van der Waals surface area (Å²) < 4.78 is 10.3. The molecule has 0 N–H and O–H groups in total. The molecule has 19 heavy (non-hydrogen) atoms. The maximum atomic E-state index is 11.6. The van der Waals surface area contributed by atoms with Gasteiger partial charge in [-0.2, -0.15) is 0 Å². The van der Waals surface area contributed by atoms with Crippen molar-refractivity contribution >= 4 is 5.97 Å². The molecule has 1 aliphatic carbocycles. The normalized spacial score (nSPS) is 18.3. The van der Waals surface area contributed by atoms with Crippen LogP contribution in [0.25, 0.3) is 0 Å². The average molecular weight is 262 g/mol. The third-order valence-electron chi connectivity index (χ3n) is 3.74. The first-order valence-electron chi connectivity index (χ1n) is 7.04. The Morgan fingerprint density at radius 1 is 1.37 bits per heavy atom. The Morgan fingerprint density at radius 2 is 2.21 bits per heavy atom. The summed E-state index contributed by atoms with van der Waals surface area (Å²) in [5, 5.41) is 0. The standard InChI is InChI=1S/C16H22O3/c1-3-19-16(17)10-12-5-4-6-13-11-15(18-2)8-7-14(13)9-12/h7-8,11-12H,3-6,9-10H2,1-2H3. The number of carbonyl (C=O) groups is 1. The van der Waals surface area contributed by atoms with Gasteiger partial charge in [0.1, 0.15) is 5.75 Å². The fraction of sp³-hybridized carbons (Fsp3) is 0.562. The van der Waals surface area contributed by atoms with Crippen LogP contribution in [0.2, 0.25) is 0 Å². The van der Waals surface area contributed by atoms with Gasteiger partial charge in [0.2, 0.25) is 0 Å². The molecule has 1 aromatic carbocycles. The molecule has 0 saturated heterocycles. The number of fused-ring (bicyclic) bond motifs is 1. The molecule has 2 rings (SSSR count). The van der Waals surface area contributed by atoms with Crippen LogP contribution in [0.1, 0.15) is 37.3 Å². The van der Waals surface area contributed by atoms with Gasteiger partial charge in [-0.15, -0.1) is 0 Å². The maximum Gasteiger partial charge on any atom is 0.306 e. The first kappa shape index (κ1) is 13.9. The Bertz CT molecular complexity index is 440. The molecule has 0 saturated carbocycles. The van der Waals surface area contributed by atoms with E-state index in [4.69, 9.17) is 9.47 Å². The van der Waals surface area contributed by atoms with Gasteiger partial charge in [0.25, 0.3) is 0 Å². The lowest BCUT2D eigenvalue weighted by atomic mass is 9.94. The maximum absolute atomic E-state index is 11.6. The van der Waals surface area contributed by atoms with Crippen molar-refractivity contribution in [2.45, 2.75) is 39.0 Å². The summed E-state index contributed by atoms with van der Waals surface area (Å²) in [5.74, 6) is 1.26. The smallest absolute Gasteiger partial charge is 0.306 e. The van der Waals surface area contributed by atoms with Crippen LogP contribution in [0.15, 0.2) is 18.2 Å². The van der Waals surface area contributed by atoms with Gasteiger partial charge in [-0.05, 0) is 61.8 Å². The predicted molar refractivity (Wildman–Crippen MR) is 74.4 cm³/mol. The zero-order valence-corrected chi connectivity index (χ0v) is 11.8. The number of carbonyl (C=O) groups excluding carboxylic acids is 1. The van der Waals surface area contributed by atoms with Crippen molar-refractivity contribution in [3.63, 3.8) is 0 Å². The minimum Gasteiger partial charge on any atom is -0.497 e. The molecule has 104 valence electrons. The van der Waals surface area contributed by atoms with Gasteiger partial charge in [-0.25, -0.2) is 0 Å². The molecular formula is C16H22O3. The van der Waals surface area contributed by atoms with Crippen LogP contribution in [0, 0.1) is 5.92 Å². The predicted octanol–water partition coefficient (Wildman–Crippen LogP) is 3.14.